The van der Waals surface area contributed by atoms with Crippen molar-refractivity contribution in [2.24, 2.45) is 0 Å². The number of hydrogen-bond acceptors (Lipinski definition) is 1. The molecule has 0 saturated carbocycles. The quantitative estimate of drug-likeness (QED) is 0.455. The zero-order chi connectivity index (χ0) is 14.4. The maximum Gasteiger partial charge on any atom is 0.182 e. The molecule has 3 aromatic rings. The van der Waals surface area contributed by atoms with E-state index in [4.69, 9.17) is 12.2 Å². The Kier molecular flexibility index (Phi) is 3.37. The molecule has 3 rings (SSSR count). The summed E-state index contributed by atoms with van der Waals surface area (Å²) in [5.41, 5.74) is 2.80. The number of aromatic nitrogens is 2. The summed E-state index contributed by atoms with van der Waals surface area (Å²) in [5, 5.41) is 0. The first-order valence-corrected chi connectivity index (χ1v) is 7.32. The summed E-state index contributed by atoms with van der Waals surface area (Å²) in [6.45, 7) is 1.86. The smallest absolute Gasteiger partial charge is 0.182 e. The van der Waals surface area contributed by atoms with E-state index in [2.05, 4.69) is 4.98 Å². The minimum atomic E-state index is -0.354. The van der Waals surface area contributed by atoms with Crippen LogP contribution in [0.4, 0.5) is 8.78 Å². The maximum absolute atomic E-state index is 13.8. The molecule has 0 unspecified atom stereocenters. The first-order valence-electron chi connectivity index (χ1n) is 5.83. The molecule has 0 fully saturated rings. The summed E-state index contributed by atoms with van der Waals surface area (Å²) >= 11 is 7.21. The fourth-order valence-corrected chi connectivity index (χ4v) is 2.94. The van der Waals surface area contributed by atoms with Gasteiger partial charge in [0.2, 0.25) is 0 Å². The van der Waals surface area contributed by atoms with Crippen molar-refractivity contribution in [3.63, 3.8) is 0 Å². The number of fused-ring (bicyclic) bond motifs is 1. The van der Waals surface area contributed by atoms with Crippen LogP contribution >= 0.6 is 34.8 Å². The van der Waals surface area contributed by atoms with Crippen molar-refractivity contribution < 1.29 is 8.78 Å². The molecule has 2 aromatic carbocycles. The van der Waals surface area contributed by atoms with Crippen LogP contribution in [0.15, 0.2) is 30.3 Å². The Morgan fingerprint density at radius 2 is 1.95 bits per heavy atom. The third-order valence-electron chi connectivity index (χ3n) is 3.14. The zero-order valence-corrected chi connectivity index (χ0v) is 13.4. The average molecular weight is 402 g/mol. The largest absolute Gasteiger partial charge is 0.330 e. The molecule has 0 atom stereocenters. The predicted octanol–water partition coefficient (Wildman–Crippen LogP) is 4.88. The Hall–Kier alpha value is -1.28. The highest BCUT2D eigenvalue weighted by molar-refractivity contribution is 14.1. The molecule has 1 heterocycles. The number of nitrogens with one attached hydrogen (secondary N) is 1. The summed E-state index contributed by atoms with van der Waals surface area (Å²) in [6.07, 6.45) is 0. The van der Waals surface area contributed by atoms with E-state index in [1.807, 2.05) is 29.5 Å². The van der Waals surface area contributed by atoms with Gasteiger partial charge in [0.1, 0.15) is 11.6 Å². The number of rotatable bonds is 1. The van der Waals surface area contributed by atoms with Crippen LogP contribution in [0.1, 0.15) is 5.56 Å². The molecule has 0 aliphatic heterocycles. The Morgan fingerprint density at radius 1 is 1.20 bits per heavy atom. The molecule has 0 saturated heterocycles. The van der Waals surface area contributed by atoms with Gasteiger partial charge in [0.25, 0.3) is 0 Å². The fourth-order valence-electron chi connectivity index (χ4n) is 2.16. The van der Waals surface area contributed by atoms with E-state index in [1.165, 1.54) is 18.2 Å². The van der Waals surface area contributed by atoms with E-state index in [-0.39, 0.29) is 11.6 Å². The maximum atomic E-state index is 13.8. The number of H-pyrrole nitrogens is 1. The molecular formula is C14H9F2IN2S. The minimum Gasteiger partial charge on any atom is -0.330 e. The van der Waals surface area contributed by atoms with Gasteiger partial charge in [0, 0.05) is 6.07 Å². The van der Waals surface area contributed by atoms with E-state index < -0.39 is 0 Å². The monoisotopic (exact) mass is 402 g/mol. The minimum absolute atomic E-state index is 0.324. The zero-order valence-electron chi connectivity index (χ0n) is 10.4. The van der Waals surface area contributed by atoms with Gasteiger partial charge in [-0.1, -0.05) is 6.07 Å². The molecule has 1 N–H and O–H groups in total. The van der Waals surface area contributed by atoms with E-state index in [1.54, 1.807) is 16.7 Å². The summed E-state index contributed by atoms with van der Waals surface area (Å²) in [6, 6.07) is 7.56. The van der Waals surface area contributed by atoms with Gasteiger partial charge in [-0.2, -0.15) is 0 Å². The average Bonchev–Trinajstić information content (AvgIpc) is 2.69. The van der Waals surface area contributed by atoms with Crippen molar-refractivity contribution >= 4 is 45.8 Å². The third-order valence-corrected chi connectivity index (χ3v) is 4.25. The number of aryl methyl sites for hydroxylation is 1. The third kappa shape index (κ3) is 2.16. The normalized spacial score (nSPS) is 11.2. The summed E-state index contributed by atoms with van der Waals surface area (Å²) < 4.78 is 29.8. The summed E-state index contributed by atoms with van der Waals surface area (Å²) in [4.78, 5) is 3.02. The van der Waals surface area contributed by atoms with Crippen LogP contribution in [0.2, 0.25) is 0 Å². The van der Waals surface area contributed by atoms with Crippen molar-refractivity contribution in [3.05, 3.63) is 55.9 Å². The molecular weight excluding hydrogens is 393 g/mol. The fraction of sp³-hybridized carbons (Fsp3) is 0.0714. The van der Waals surface area contributed by atoms with Gasteiger partial charge in [-0.05, 0) is 65.5 Å². The standard InChI is InChI=1S/C14H9F2IN2S/c1-7-2-3-8(15)4-12(7)19-13-5-9(16)10(17)6-11(13)18-14(19)20/h2-6H,1H3,(H,18,20). The van der Waals surface area contributed by atoms with Gasteiger partial charge < -0.3 is 4.98 Å². The second kappa shape index (κ2) is 4.92. The molecule has 1 aromatic heterocycles. The molecule has 0 aliphatic carbocycles. The van der Waals surface area contributed by atoms with Crippen LogP contribution in [0.3, 0.4) is 0 Å². The van der Waals surface area contributed by atoms with Crippen molar-refractivity contribution in [1.82, 2.24) is 9.55 Å². The predicted molar refractivity (Wildman–Crippen MR) is 85.8 cm³/mol. The lowest BCUT2D eigenvalue weighted by Crippen LogP contribution is -1.98. The van der Waals surface area contributed by atoms with Crippen LogP contribution < -0.4 is 0 Å². The van der Waals surface area contributed by atoms with Crippen molar-refractivity contribution in [1.29, 1.82) is 0 Å². The summed E-state index contributed by atoms with van der Waals surface area (Å²) in [7, 11) is 0. The Balaban J connectivity index is 2.42. The van der Waals surface area contributed by atoms with Crippen LogP contribution in [0.25, 0.3) is 16.7 Å². The topological polar surface area (TPSA) is 20.7 Å². The highest BCUT2D eigenvalue weighted by Gasteiger charge is 2.12. The van der Waals surface area contributed by atoms with Gasteiger partial charge >= 0.3 is 0 Å². The highest BCUT2D eigenvalue weighted by Crippen LogP contribution is 2.25. The number of hydrogen-bond donors (Lipinski definition) is 1. The molecule has 0 bridgehead atoms. The second-order valence-corrected chi connectivity index (χ2v) is 6.03. The lowest BCUT2D eigenvalue weighted by molar-refractivity contribution is 0.621. The lowest BCUT2D eigenvalue weighted by Gasteiger charge is -2.08. The molecule has 0 spiro atoms. The SMILES string of the molecule is Cc1ccc(F)cc1-n1c(=S)[nH]c2cc(I)c(F)cc21. The van der Waals surface area contributed by atoms with E-state index in [0.29, 0.717) is 19.5 Å². The molecule has 0 aliphatic rings. The van der Waals surface area contributed by atoms with Crippen molar-refractivity contribution in [3.8, 4) is 5.69 Å². The van der Waals surface area contributed by atoms with Gasteiger partial charge in [0.15, 0.2) is 4.77 Å². The first kappa shape index (κ1) is 13.7. The van der Waals surface area contributed by atoms with Gasteiger partial charge in [-0.3, -0.25) is 4.57 Å². The van der Waals surface area contributed by atoms with Crippen LogP contribution in [0, 0.1) is 26.9 Å². The van der Waals surface area contributed by atoms with E-state index in [0.717, 1.165) is 11.1 Å². The Morgan fingerprint density at radius 3 is 2.70 bits per heavy atom. The van der Waals surface area contributed by atoms with Gasteiger partial charge in [0.05, 0.1) is 20.3 Å². The highest BCUT2D eigenvalue weighted by atomic mass is 127. The number of halogens is 3. The number of imidazole rings is 1. The Bertz CT molecular complexity index is 883. The molecule has 102 valence electrons. The molecule has 0 radical (unpaired) electrons. The second-order valence-electron chi connectivity index (χ2n) is 4.48. The van der Waals surface area contributed by atoms with Crippen LogP contribution in [-0.2, 0) is 0 Å². The van der Waals surface area contributed by atoms with E-state index in [9.17, 15) is 8.78 Å². The number of benzene rings is 2. The summed E-state index contributed by atoms with van der Waals surface area (Å²) in [5.74, 6) is -0.678. The van der Waals surface area contributed by atoms with Crippen molar-refractivity contribution in [2.45, 2.75) is 6.92 Å². The molecule has 6 heteroatoms. The molecule has 0 amide bonds. The number of aromatic amines is 1. The Labute approximate surface area is 132 Å². The lowest BCUT2D eigenvalue weighted by atomic mass is 10.2. The van der Waals surface area contributed by atoms with Crippen molar-refractivity contribution in [2.75, 3.05) is 0 Å². The number of nitrogens with zero attached hydrogens (tertiary/aromatic N) is 1. The van der Waals surface area contributed by atoms with Gasteiger partial charge in [-0.15, -0.1) is 0 Å². The van der Waals surface area contributed by atoms with Crippen LogP contribution in [-0.4, -0.2) is 9.55 Å². The molecule has 2 nitrogen and oxygen atoms in total. The molecule has 20 heavy (non-hydrogen) atoms. The van der Waals surface area contributed by atoms with E-state index >= 15 is 0 Å². The van der Waals surface area contributed by atoms with Crippen LogP contribution in [0.5, 0.6) is 0 Å². The first-order chi connectivity index (χ1) is 9.47. The van der Waals surface area contributed by atoms with Gasteiger partial charge in [-0.25, -0.2) is 8.78 Å².